The van der Waals surface area contributed by atoms with E-state index in [0.717, 1.165) is 72.0 Å². The molecule has 7 rings (SSSR count). The van der Waals surface area contributed by atoms with Crippen LogP contribution in [0.15, 0.2) is 122 Å². The van der Waals surface area contributed by atoms with Gasteiger partial charge in [0.05, 0.1) is 6.21 Å². The van der Waals surface area contributed by atoms with Crippen LogP contribution >= 0.6 is 0 Å². The van der Waals surface area contributed by atoms with Gasteiger partial charge in [-0.25, -0.2) is 0 Å². The van der Waals surface area contributed by atoms with Crippen LogP contribution in [0, 0.1) is 13.8 Å². The van der Waals surface area contributed by atoms with Crippen molar-refractivity contribution in [2.24, 2.45) is 17.3 Å². The molecular formula is C35H27N3O2. The molecule has 0 N–H and O–H groups in total. The van der Waals surface area contributed by atoms with Crippen molar-refractivity contribution in [3.8, 4) is 22.3 Å². The predicted molar refractivity (Wildman–Crippen MR) is 162 cm³/mol. The maximum atomic E-state index is 6.40. The lowest BCUT2D eigenvalue weighted by atomic mass is 9.96. The minimum atomic E-state index is 0.428. The fourth-order valence-electron chi connectivity index (χ4n) is 5.65. The second-order valence-electron chi connectivity index (χ2n) is 10.1. The molecule has 0 aliphatic rings. The molecule has 0 atom stereocenters. The highest BCUT2D eigenvalue weighted by Crippen LogP contribution is 2.41. The Balaban J connectivity index is 1.45. The van der Waals surface area contributed by atoms with Crippen molar-refractivity contribution in [2.45, 2.75) is 13.8 Å². The zero-order valence-electron chi connectivity index (χ0n) is 22.6. The molecule has 0 spiro atoms. The van der Waals surface area contributed by atoms with Crippen molar-refractivity contribution >= 4 is 39.1 Å². The Hall–Kier alpha value is -5.16. The first-order chi connectivity index (χ1) is 19.6. The Morgan fingerprint density at radius 3 is 2.15 bits per heavy atom. The van der Waals surface area contributed by atoms with Gasteiger partial charge in [0.25, 0.3) is 0 Å². The largest absolute Gasteiger partial charge is 0.460 e. The van der Waals surface area contributed by atoms with Crippen LogP contribution in [0.5, 0.6) is 0 Å². The molecule has 194 valence electrons. The molecule has 0 amide bonds. The van der Waals surface area contributed by atoms with E-state index in [-0.39, 0.29) is 0 Å². The Kier molecular flexibility index (Phi) is 5.71. The Morgan fingerprint density at radius 2 is 1.38 bits per heavy atom. The van der Waals surface area contributed by atoms with E-state index in [2.05, 4.69) is 75.6 Å². The molecule has 5 heteroatoms. The van der Waals surface area contributed by atoms with Crippen molar-refractivity contribution in [1.82, 2.24) is 4.57 Å². The molecule has 3 heterocycles. The molecule has 4 aromatic carbocycles. The molecule has 0 saturated carbocycles. The lowest BCUT2D eigenvalue weighted by molar-refractivity contribution is 0.533. The molecule has 0 aliphatic heterocycles. The van der Waals surface area contributed by atoms with Gasteiger partial charge in [-0.05, 0) is 42.7 Å². The molecule has 0 bridgehead atoms. The molecular weight excluding hydrogens is 494 g/mol. The minimum Gasteiger partial charge on any atom is -0.460 e. The van der Waals surface area contributed by atoms with Crippen molar-refractivity contribution in [1.29, 1.82) is 0 Å². The molecule has 0 saturated heterocycles. The van der Waals surface area contributed by atoms with Crippen LogP contribution in [0.25, 0.3) is 55.1 Å². The van der Waals surface area contributed by atoms with Crippen molar-refractivity contribution in [2.75, 3.05) is 0 Å². The molecule has 0 radical (unpaired) electrons. The fourth-order valence-corrected chi connectivity index (χ4v) is 5.65. The van der Waals surface area contributed by atoms with Gasteiger partial charge in [0.15, 0.2) is 0 Å². The number of benzene rings is 4. The quantitative estimate of drug-likeness (QED) is 0.172. The van der Waals surface area contributed by atoms with Gasteiger partial charge in [0.2, 0.25) is 5.55 Å². The summed E-state index contributed by atoms with van der Waals surface area (Å²) in [6.07, 6.45) is 3.84. The van der Waals surface area contributed by atoms with Gasteiger partial charge >= 0.3 is 0 Å². The first-order valence-corrected chi connectivity index (χ1v) is 13.3. The van der Waals surface area contributed by atoms with Crippen LogP contribution in [0.1, 0.15) is 16.9 Å². The summed E-state index contributed by atoms with van der Waals surface area (Å²) >= 11 is 0. The first-order valence-electron chi connectivity index (χ1n) is 13.3. The topological polar surface area (TPSA) is 55.9 Å². The maximum absolute atomic E-state index is 6.40. The highest BCUT2D eigenvalue weighted by atomic mass is 16.3. The smallest absolute Gasteiger partial charge is 0.239 e. The second-order valence-corrected chi connectivity index (χ2v) is 10.1. The minimum absolute atomic E-state index is 0.428. The summed E-state index contributed by atoms with van der Waals surface area (Å²) in [7, 11) is 2.03. The Labute approximate surface area is 231 Å². The Morgan fingerprint density at radius 1 is 0.700 bits per heavy atom. The number of aryl methyl sites for hydroxylation is 3. The first kappa shape index (κ1) is 23.9. The average molecular weight is 522 g/mol. The van der Waals surface area contributed by atoms with E-state index in [0.29, 0.717) is 5.55 Å². The lowest BCUT2D eigenvalue weighted by Gasteiger charge is -2.09. The summed E-state index contributed by atoms with van der Waals surface area (Å²) in [4.78, 5) is 0. The van der Waals surface area contributed by atoms with Gasteiger partial charge < -0.3 is 13.4 Å². The van der Waals surface area contributed by atoms with Crippen molar-refractivity contribution in [3.63, 3.8) is 0 Å². The normalized spacial score (nSPS) is 12.4. The van der Waals surface area contributed by atoms with Crippen LogP contribution in [0.2, 0.25) is 0 Å². The second kappa shape index (κ2) is 9.54. The van der Waals surface area contributed by atoms with Crippen molar-refractivity contribution in [3.05, 3.63) is 126 Å². The lowest BCUT2D eigenvalue weighted by Crippen LogP contribution is -2.02. The number of furan rings is 1. The van der Waals surface area contributed by atoms with E-state index < -0.39 is 0 Å². The Bertz CT molecular complexity index is 2130. The van der Waals surface area contributed by atoms with Gasteiger partial charge in [-0.3, -0.25) is 0 Å². The predicted octanol–water partition coefficient (Wildman–Crippen LogP) is 8.56. The summed E-state index contributed by atoms with van der Waals surface area (Å²) in [6, 6.07) is 33.1. The van der Waals surface area contributed by atoms with Crippen molar-refractivity contribution < 1.29 is 8.83 Å². The zero-order valence-corrected chi connectivity index (χ0v) is 22.6. The summed E-state index contributed by atoms with van der Waals surface area (Å²) in [5.74, 6) is 0.880. The molecule has 0 unspecified atom stereocenters. The zero-order chi connectivity index (χ0) is 27.2. The van der Waals surface area contributed by atoms with Crippen LogP contribution in [-0.2, 0) is 7.05 Å². The third-order valence-electron chi connectivity index (χ3n) is 7.53. The van der Waals surface area contributed by atoms with Crippen LogP contribution in [-0.4, -0.2) is 10.8 Å². The van der Waals surface area contributed by atoms with Gasteiger partial charge in [-0.15, -0.1) is 5.10 Å². The van der Waals surface area contributed by atoms with E-state index in [1.54, 1.807) is 6.21 Å². The SMILES string of the molecule is Cc1oc2c(C)c3o/c(=N/N=C\c4cn(C)c5ccccc45)cc(-c4ccccc4)c3cc2c1-c1ccccc1. The average Bonchev–Trinajstić information content (AvgIpc) is 3.50. The van der Waals surface area contributed by atoms with Gasteiger partial charge in [-0.1, -0.05) is 78.9 Å². The highest BCUT2D eigenvalue weighted by molar-refractivity contribution is 6.08. The van der Waals surface area contributed by atoms with E-state index in [9.17, 15) is 0 Å². The molecule has 3 aromatic heterocycles. The molecule has 0 fully saturated rings. The third kappa shape index (κ3) is 3.95. The van der Waals surface area contributed by atoms with Crippen LogP contribution in [0.3, 0.4) is 0 Å². The fraction of sp³-hybridized carbons (Fsp3) is 0.0857. The van der Waals surface area contributed by atoms with E-state index >= 15 is 0 Å². The van der Waals surface area contributed by atoms with E-state index in [4.69, 9.17) is 8.83 Å². The van der Waals surface area contributed by atoms with E-state index in [1.807, 2.05) is 63.4 Å². The van der Waals surface area contributed by atoms with Crippen LogP contribution < -0.4 is 5.55 Å². The van der Waals surface area contributed by atoms with Gasteiger partial charge in [-0.2, -0.15) is 5.10 Å². The summed E-state index contributed by atoms with van der Waals surface area (Å²) in [5.41, 5.74) is 9.42. The number of para-hydroxylation sites is 1. The molecule has 0 aliphatic carbocycles. The van der Waals surface area contributed by atoms with E-state index in [1.165, 1.54) is 0 Å². The molecule has 40 heavy (non-hydrogen) atoms. The third-order valence-corrected chi connectivity index (χ3v) is 7.53. The monoisotopic (exact) mass is 521 g/mol. The number of hydrogen-bond donors (Lipinski definition) is 0. The van der Waals surface area contributed by atoms with Gasteiger partial charge in [0, 0.05) is 57.7 Å². The molecule has 7 aromatic rings. The number of rotatable bonds is 4. The maximum Gasteiger partial charge on any atom is 0.239 e. The highest BCUT2D eigenvalue weighted by Gasteiger charge is 2.20. The number of aromatic nitrogens is 1. The summed E-state index contributed by atoms with van der Waals surface area (Å²) < 4.78 is 14.8. The number of nitrogens with zero attached hydrogens (tertiary/aromatic N) is 3. The summed E-state index contributed by atoms with van der Waals surface area (Å²) in [5, 5.41) is 12.1. The van der Waals surface area contributed by atoms with Gasteiger partial charge in [0.1, 0.15) is 16.9 Å². The number of hydrogen-bond acceptors (Lipinski definition) is 4. The molecule has 5 nitrogen and oxygen atoms in total. The standard InChI is InChI=1S/C35H27N3O2/c1-22-34-29(18-30-33(23(2)39-35(22)30)25-14-8-5-9-15-25)28(24-12-6-4-7-13-24)19-32(40-34)37-36-20-26-21-38(3)31-17-11-10-16-27(26)31/h4-21H,1-3H3/b36-20-,37-32+. The number of fused-ring (bicyclic) bond motifs is 3. The summed E-state index contributed by atoms with van der Waals surface area (Å²) in [6.45, 7) is 4.06. The van der Waals surface area contributed by atoms with Crippen LogP contribution in [0.4, 0.5) is 0 Å².